The van der Waals surface area contributed by atoms with Gasteiger partial charge < -0.3 is 4.74 Å². The van der Waals surface area contributed by atoms with E-state index in [0.717, 1.165) is 22.7 Å². The summed E-state index contributed by atoms with van der Waals surface area (Å²) in [6.45, 7) is 6.64. The molecule has 0 aliphatic rings. The zero-order valence-electron chi connectivity index (χ0n) is 15.4. The minimum atomic E-state index is -0.316. The number of hydrogen-bond donors (Lipinski definition) is 0. The van der Waals surface area contributed by atoms with E-state index in [-0.39, 0.29) is 12.6 Å². The third-order valence-corrected chi connectivity index (χ3v) is 5.27. The maximum Gasteiger partial charge on any atom is 0.338 e. The second kappa shape index (κ2) is 8.28. The van der Waals surface area contributed by atoms with Crippen LogP contribution in [0.15, 0.2) is 53.9 Å². The quantitative estimate of drug-likeness (QED) is 0.514. The lowest BCUT2D eigenvalue weighted by atomic mass is 10.0. The fourth-order valence-corrected chi connectivity index (χ4v) is 3.43. The summed E-state index contributed by atoms with van der Waals surface area (Å²) in [5, 5.41) is 2.89. The Labute approximate surface area is 158 Å². The molecule has 3 aromatic rings. The van der Waals surface area contributed by atoms with E-state index in [1.54, 1.807) is 11.3 Å². The van der Waals surface area contributed by atoms with Gasteiger partial charge in [-0.25, -0.2) is 9.78 Å². The molecule has 0 fully saturated rings. The van der Waals surface area contributed by atoms with Gasteiger partial charge in [-0.15, -0.1) is 11.3 Å². The van der Waals surface area contributed by atoms with Gasteiger partial charge in [0, 0.05) is 10.9 Å². The van der Waals surface area contributed by atoms with E-state index in [0.29, 0.717) is 11.5 Å². The Morgan fingerprint density at radius 2 is 1.77 bits per heavy atom. The van der Waals surface area contributed by atoms with Crippen molar-refractivity contribution in [2.24, 2.45) is 0 Å². The highest BCUT2D eigenvalue weighted by molar-refractivity contribution is 7.13. The van der Waals surface area contributed by atoms with Gasteiger partial charge in [0.1, 0.15) is 11.6 Å². The number of carbonyl (C=O) groups is 1. The molecule has 134 valence electrons. The Hall–Kier alpha value is -2.46. The van der Waals surface area contributed by atoms with Crippen LogP contribution in [-0.2, 0) is 17.8 Å². The van der Waals surface area contributed by atoms with Gasteiger partial charge in [-0.05, 0) is 35.6 Å². The Morgan fingerprint density at radius 3 is 2.38 bits per heavy atom. The molecule has 0 aliphatic heterocycles. The minimum absolute atomic E-state index is 0.189. The van der Waals surface area contributed by atoms with E-state index in [1.165, 1.54) is 11.1 Å². The van der Waals surface area contributed by atoms with Crippen molar-refractivity contribution in [3.63, 3.8) is 0 Å². The van der Waals surface area contributed by atoms with E-state index in [2.05, 4.69) is 50.0 Å². The van der Waals surface area contributed by atoms with Crippen LogP contribution in [-0.4, -0.2) is 11.0 Å². The molecule has 0 spiro atoms. The number of hydrogen-bond acceptors (Lipinski definition) is 4. The first-order chi connectivity index (χ1) is 12.6. The molecule has 0 saturated carbocycles. The SMILES string of the molecule is CCc1ccc(C(=O)OCc2csc(-c3ccc(C(C)C)cc3)n2)cc1. The van der Waals surface area contributed by atoms with Crippen LogP contribution in [0.1, 0.15) is 53.9 Å². The molecule has 0 N–H and O–H groups in total. The Morgan fingerprint density at radius 1 is 1.08 bits per heavy atom. The molecule has 2 aromatic carbocycles. The van der Waals surface area contributed by atoms with Crippen LogP contribution in [0.3, 0.4) is 0 Å². The van der Waals surface area contributed by atoms with E-state index in [9.17, 15) is 4.79 Å². The first kappa shape index (κ1) is 18.3. The fourth-order valence-electron chi connectivity index (χ4n) is 2.62. The third kappa shape index (κ3) is 4.38. The minimum Gasteiger partial charge on any atom is -0.456 e. The van der Waals surface area contributed by atoms with Crippen molar-refractivity contribution in [2.45, 2.75) is 39.7 Å². The normalized spacial score (nSPS) is 10.9. The summed E-state index contributed by atoms with van der Waals surface area (Å²) in [5.41, 5.74) is 4.95. The summed E-state index contributed by atoms with van der Waals surface area (Å²) in [5.74, 6) is 0.199. The molecule has 1 heterocycles. The zero-order chi connectivity index (χ0) is 18.5. The molecular weight excluding hydrogens is 342 g/mol. The van der Waals surface area contributed by atoms with Crippen LogP contribution in [0.5, 0.6) is 0 Å². The number of aromatic nitrogens is 1. The third-order valence-electron chi connectivity index (χ3n) is 4.33. The van der Waals surface area contributed by atoms with Gasteiger partial charge >= 0.3 is 5.97 Å². The van der Waals surface area contributed by atoms with Gasteiger partial charge in [-0.2, -0.15) is 0 Å². The highest BCUT2D eigenvalue weighted by Crippen LogP contribution is 2.26. The highest BCUT2D eigenvalue weighted by atomic mass is 32.1. The number of thiazole rings is 1. The van der Waals surface area contributed by atoms with Crippen LogP contribution in [0.25, 0.3) is 10.6 Å². The Balaban J connectivity index is 1.61. The molecule has 0 saturated heterocycles. The number of ether oxygens (including phenoxy) is 1. The molecule has 0 atom stereocenters. The molecule has 3 nitrogen and oxygen atoms in total. The fraction of sp³-hybridized carbons (Fsp3) is 0.273. The van der Waals surface area contributed by atoms with E-state index >= 15 is 0 Å². The van der Waals surface area contributed by atoms with Crippen LogP contribution >= 0.6 is 11.3 Å². The highest BCUT2D eigenvalue weighted by Gasteiger charge is 2.10. The van der Waals surface area contributed by atoms with Crippen molar-refractivity contribution in [1.29, 1.82) is 0 Å². The lowest BCUT2D eigenvalue weighted by Crippen LogP contribution is -2.05. The second-order valence-electron chi connectivity index (χ2n) is 6.55. The van der Waals surface area contributed by atoms with Crippen LogP contribution in [0.2, 0.25) is 0 Å². The number of rotatable bonds is 6. The molecule has 3 rings (SSSR count). The molecule has 0 amide bonds. The summed E-state index contributed by atoms with van der Waals surface area (Å²) >= 11 is 1.57. The van der Waals surface area contributed by atoms with Crippen molar-refractivity contribution in [3.8, 4) is 10.6 Å². The molecular formula is C22H23NO2S. The maximum atomic E-state index is 12.1. The summed E-state index contributed by atoms with van der Waals surface area (Å²) in [4.78, 5) is 16.7. The van der Waals surface area contributed by atoms with Crippen molar-refractivity contribution in [1.82, 2.24) is 4.98 Å². The monoisotopic (exact) mass is 365 g/mol. The molecule has 1 aromatic heterocycles. The maximum absolute atomic E-state index is 12.1. The predicted octanol–water partition coefficient (Wildman–Crippen LogP) is 5.85. The van der Waals surface area contributed by atoms with E-state index in [1.807, 2.05) is 29.6 Å². The van der Waals surface area contributed by atoms with Crippen LogP contribution < -0.4 is 0 Å². The second-order valence-corrected chi connectivity index (χ2v) is 7.41. The van der Waals surface area contributed by atoms with Gasteiger partial charge in [0.05, 0.1) is 11.3 Å². The molecule has 0 radical (unpaired) electrons. The van der Waals surface area contributed by atoms with Gasteiger partial charge in [-0.1, -0.05) is 57.2 Å². The lowest BCUT2D eigenvalue weighted by molar-refractivity contribution is 0.0468. The molecule has 0 aliphatic carbocycles. The standard InChI is InChI=1S/C22H23NO2S/c1-4-16-5-7-19(8-6-16)22(24)25-13-20-14-26-21(23-20)18-11-9-17(10-12-18)15(2)3/h5-12,14-15H,4,13H2,1-3H3. The van der Waals surface area contributed by atoms with Crippen molar-refractivity contribution >= 4 is 17.3 Å². The van der Waals surface area contributed by atoms with Crippen molar-refractivity contribution < 1.29 is 9.53 Å². The van der Waals surface area contributed by atoms with Gasteiger partial charge in [0.2, 0.25) is 0 Å². The van der Waals surface area contributed by atoms with E-state index < -0.39 is 0 Å². The van der Waals surface area contributed by atoms with Gasteiger partial charge in [0.15, 0.2) is 0 Å². The number of carbonyl (C=O) groups excluding carboxylic acids is 1. The average molecular weight is 365 g/mol. The van der Waals surface area contributed by atoms with E-state index in [4.69, 9.17) is 4.74 Å². The predicted molar refractivity (Wildman–Crippen MR) is 107 cm³/mol. The summed E-state index contributed by atoms with van der Waals surface area (Å²) in [7, 11) is 0. The first-order valence-electron chi connectivity index (χ1n) is 8.87. The molecule has 0 bridgehead atoms. The largest absolute Gasteiger partial charge is 0.456 e. The molecule has 4 heteroatoms. The number of nitrogens with zero attached hydrogens (tertiary/aromatic N) is 1. The smallest absolute Gasteiger partial charge is 0.338 e. The van der Waals surface area contributed by atoms with Crippen molar-refractivity contribution in [2.75, 3.05) is 0 Å². The van der Waals surface area contributed by atoms with Crippen LogP contribution in [0, 0.1) is 0 Å². The Bertz CT molecular complexity index is 864. The molecule has 26 heavy (non-hydrogen) atoms. The van der Waals surface area contributed by atoms with Crippen molar-refractivity contribution in [3.05, 3.63) is 76.3 Å². The summed E-state index contributed by atoms with van der Waals surface area (Å²) in [6, 6.07) is 16.0. The first-order valence-corrected chi connectivity index (χ1v) is 9.75. The lowest BCUT2D eigenvalue weighted by Gasteiger charge is -2.05. The number of benzene rings is 2. The van der Waals surface area contributed by atoms with Crippen LogP contribution in [0.4, 0.5) is 0 Å². The number of esters is 1. The van der Waals surface area contributed by atoms with Gasteiger partial charge in [0.25, 0.3) is 0 Å². The molecule has 0 unspecified atom stereocenters. The Kier molecular flexibility index (Phi) is 5.84. The number of aryl methyl sites for hydroxylation is 1. The average Bonchev–Trinajstić information content (AvgIpc) is 3.15. The van der Waals surface area contributed by atoms with Gasteiger partial charge in [-0.3, -0.25) is 0 Å². The summed E-state index contributed by atoms with van der Waals surface area (Å²) < 4.78 is 5.39. The topological polar surface area (TPSA) is 39.2 Å². The zero-order valence-corrected chi connectivity index (χ0v) is 16.2. The summed E-state index contributed by atoms with van der Waals surface area (Å²) in [6.07, 6.45) is 0.953.